The number of nitrogens with one attached hydrogen (secondary N) is 3. The average Bonchev–Trinajstić information content (AvgIpc) is 2.98. The van der Waals surface area contributed by atoms with E-state index in [9.17, 15) is 22.8 Å². The quantitative estimate of drug-likeness (QED) is 0.303. The molecule has 0 spiro atoms. The molecule has 4 aliphatic heterocycles. The largest absolute Gasteiger partial charge is 0.494 e. The van der Waals surface area contributed by atoms with Crippen LogP contribution in [0.3, 0.4) is 0 Å². The smallest absolute Gasteiger partial charge is 0.422 e. The van der Waals surface area contributed by atoms with Crippen LogP contribution in [0.2, 0.25) is 0 Å². The molecular weight excluding hydrogens is 619 g/mol. The molecule has 2 aromatic carbocycles. The van der Waals surface area contributed by atoms with E-state index in [-0.39, 0.29) is 30.9 Å². The molecule has 0 saturated carbocycles. The second-order valence-electron chi connectivity index (χ2n) is 12.8. The van der Waals surface area contributed by atoms with Gasteiger partial charge in [0.25, 0.3) is 5.91 Å². The lowest BCUT2D eigenvalue weighted by Crippen LogP contribution is -2.46. The number of hydrogen-bond acceptors (Lipinski definition) is 10. The summed E-state index contributed by atoms with van der Waals surface area (Å²) in [5.41, 5.74) is 0.496. The van der Waals surface area contributed by atoms with Gasteiger partial charge in [0.15, 0.2) is 6.61 Å². The summed E-state index contributed by atoms with van der Waals surface area (Å²) in [5, 5.41) is 8.83. The molecule has 0 saturated heterocycles. The summed E-state index contributed by atoms with van der Waals surface area (Å²) < 4.78 is 54.8. The molecule has 3 N–H and O–H groups in total. The van der Waals surface area contributed by atoms with Crippen molar-refractivity contribution in [1.82, 2.24) is 25.2 Å². The van der Waals surface area contributed by atoms with Crippen LogP contribution in [0.5, 0.6) is 11.8 Å². The zero-order valence-electron chi connectivity index (χ0n) is 27.0. The Balaban J connectivity index is 1.58. The van der Waals surface area contributed by atoms with E-state index in [0.29, 0.717) is 43.1 Å². The number of carbonyl (C=O) groups excluding carboxylic acids is 2. The SMILES string of the molecule is CC1(C)CNC(=O)c2ccc(cc2)Nc2nc(nc(OCC(F)(F)F)n2)NCc2ccc(cc2)OCCCN(C(=O)OC(C)(C)C)C1. The van der Waals surface area contributed by atoms with Gasteiger partial charge in [-0.1, -0.05) is 26.0 Å². The van der Waals surface area contributed by atoms with Gasteiger partial charge in [0.1, 0.15) is 11.4 Å². The van der Waals surface area contributed by atoms with E-state index < -0.39 is 35.9 Å². The first-order valence-corrected chi connectivity index (χ1v) is 15.1. The van der Waals surface area contributed by atoms with Crippen molar-refractivity contribution in [2.24, 2.45) is 5.41 Å². The van der Waals surface area contributed by atoms with Crippen LogP contribution >= 0.6 is 0 Å². The molecule has 5 heterocycles. The second kappa shape index (κ2) is 14.7. The molecule has 0 fully saturated rings. The van der Waals surface area contributed by atoms with Gasteiger partial charge < -0.3 is 35.1 Å². The van der Waals surface area contributed by atoms with Crippen LogP contribution in [0, 0.1) is 5.41 Å². The summed E-state index contributed by atoms with van der Waals surface area (Å²) in [4.78, 5) is 39.9. The van der Waals surface area contributed by atoms with Gasteiger partial charge in [-0.2, -0.15) is 28.1 Å². The lowest BCUT2D eigenvalue weighted by molar-refractivity contribution is -0.154. The van der Waals surface area contributed by atoms with E-state index in [1.54, 1.807) is 41.3 Å². The molecule has 7 rings (SSSR count). The highest BCUT2D eigenvalue weighted by molar-refractivity contribution is 5.94. The van der Waals surface area contributed by atoms with Gasteiger partial charge in [-0.25, -0.2) is 4.79 Å². The number of alkyl halides is 3. The fourth-order valence-corrected chi connectivity index (χ4v) is 4.42. The third-order valence-electron chi connectivity index (χ3n) is 6.60. The second-order valence-corrected chi connectivity index (χ2v) is 12.8. The zero-order chi connectivity index (χ0) is 34.2. The Kier molecular flexibility index (Phi) is 11.0. The van der Waals surface area contributed by atoms with Gasteiger partial charge in [0.2, 0.25) is 11.9 Å². The molecule has 47 heavy (non-hydrogen) atoms. The molecular formula is C32H40F3N7O5. The van der Waals surface area contributed by atoms with Gasteiger partial charge in [-0.05, 0) is 74.6 Å². The average molecular weight is 660 g/mol. The van der Waals surface area contributed by atoms with E-state index in [4.69, 9.17) is 14.2 Å². The Morgan fingerprint density at radius 1 is 0.979 bits per heavy atom. The van der Waals surface area contributed by atoms with E-state index in [2.05, 4.69) is 30.9 Å². The lowest BCUT2D eigenvalue weighted by Gasteiger charge is -2.34. The number of nitrogens with zero attached hydrogens (tertiary/aromatic N) is 4. The maximum absolute atomic E-state index is 13.1. The van der Waals surface area contributed by atoms with Crippen molar-refractivity contribution >= 4 is 29.6 Å². The summed E-state index contributed by atoms with van der Waals surface area (Å²) in [6.07, 6.45) is -4.49. The summed E-state index contributed by atoms with van der Waals surface area (Å²) in [6, 6.07) is 13.1. The number of ether oxygens (including phenoxy) is 3. The molecule has 0 aliphatic carbocycles. The highest BCUT2D eigenvalue weighted by Crippen LogP contribution is 2.23. The van der Waals surface area contributed by atoms with Crippen molar-refractivity contribution in [3.05, 3.63) is 59.7 Å². The molecule has 0 unspecified atom stereocenters. The molecule has 0 atom stereocenters. The molecule has 254 valence electrons. The van der Waals surface area contributed by atoms with Crippen LogP contribution in [0.1, 0.15) is 57.0 Å². The van der Waals surface area contributed by atoms with Crippen LogP contribution < -0.4 is 25.4 Å². The van der Waals surface area contributed by atoms with E-state index >= 15 is 0 Å². The Hall–Kier alpha value is -4.82. The van der Waals surface area contributed by atoms with Gasteiger partial charge in [0.05, 0.1) is 6.61 Å². The van der Waals surface area contributed by atoms with Gasteiger partial charge in [-0.3, -0.25) is 4.79 Å². The molecule has 2 amide bonds. The molecule has 12 nitrogen and oxygen atoms in total. The van der Waals surface area contributed by atoms with Crippen molar-refractivity contribution in [1.29, 1.82) is 0 Å². The molecule has 6 bridgehead atoms. The Morgan fingerprint density at radius 2 is 1.66 bits per heavy atom. The van der Waals surface area contributed by atoms with Crippen LogP contribution in [-0.2, 0) is 11.3 Å². The topological polar surface area (TPSA) is 140 Å². The van der Waals surface area contributed by atoms with Crippen LogP contribution in [0.25, 0.3) is 0 Å². The summed E-state index contributed by atoms with van der Waals surface area (Å²) in [5.74, 6) is 0.223. The maximum Gasteiger partial charge on any atom is 0.422 e. The van der Waals surface area contributed by atoms with Crippen molar-refractivity contribution in [3.8, 4) is 11.8 Å². The van der Waals surface area contributed by atoms with Gasteiger partial charge >= 0.3 is 18.3 Å². The Bertz CT molecular complexity index is 1510. The minimum Gasteiger partial charge on any atom is -0.494 e. The molecule has 0 radical (unpaired) electrons. The number of aromatic nitrogens is 3. The molecule has 1 aromatic heterocycles. The number of hydrogen-bond donors (Lipinski definition) is 3. The first kappa shape index (κ1) is 35.0. The number of benzene rings is 2. The summed E-state index contributed by atoms with van der Waals surface area (Å²) in [6.45, 7) is 9.32. The number of halogens is 3. The third kappa shape index (κ3) is 11.8. The number of rotatable bonds is 2. The monoisotopic (exact) mass is 659 g/mol. The minimum absolute atomic E-state index is 0.0115. The zero-order valence-corrected chi connectivity index (χ0v) is 27.0. The van der Waals surface area contributed by atoms with Crippen LogP contribution in [0.15, 0.2) is 48.5 Å². The lowest BCUT2D eigenvalue weighted by atomic mass is 9.92. The van der Waals surface area contributed by atoms with E-state index in [1.807, 2.05) is 46.8 Å². The third-order valence-corrected chi connectivity index (χ3v) is 6.60. The van der Waals surface area contributed by atoms with Gasteiger partial charge in [0, 0.05) is 37.4 Å². The molecule has 3 aromatic rings. The Labute approximate surface area is 271 Å². The number of amides is 2. The van der Waals surface area contributed by atoms with E-state index in [1.165, 1.54) is 0 Å². The minimum atomic E-state index is -4.58. The fourth-order valence-electron chi connectivity index (χ4n) is 4.42. The summed E-state index contributed by atoms with van der Waals surface area (Å²) in [7, 11) is 0. The van der Waals surface area contributed by atoms with Crippen molar-refractivity contribution < 1.29 is 37.0 Å². The van der Waals surface area contributed by atoms with Gasteiger partial charge in [-0.15, -0.1) is 0 Å². The highest BCUT2D eigenvalue weighted by Gasteiger charge is 2.30. The first-order chi connectivity index (χ1) is 22.0. The van der Waals surface area contributed by atoms with Crippen molar-refractivity contribution in [2.45, 2.75) is 59.4 Å². The maximum atomic E-state index is 13.1. The number of carbonyl (C=O) groups is 2. The van der Waals surface area contributed by atoms with Crippen molar-refractivity contribution in [2.75, 3.05) is 43.5 Å². The molecule has 15 heteroatoms. The predicted molar refractivity (Wildman–Crippen MR) is 169 cm³/mol. The predicted octanol–water partition coefficient (Wildman–Crippen LogP) is 5.94. The molecule has 4 aliphatic rings. The van der Waals surface area contributed by atoms with Crippen LogP contribution in [-0.4, -0.2) is 76.5 Å². The first-order valence-electron chi connectivity index (χ1n) is 15.1. The summed E-state index contributed by atoms with van der Waals surface area (Å²) >= 11 is 0. The van der Waals surface area contributed by atoms with Crippen LogP contribution in [0.4, 0.5) is 35.5 Å². The highest BCUT2D eigenvalue weighted by atomic mass is 19.4. The Morgan fingerprint density at radius 3 is 2.32 bits per heavy atom. The standard InChI is InChI=1S/C32H40F3N7O5/c1-30(2,3)47-29(44)42-15-6-16-45-24-13-7-21(8-14-24)17-36-26-39-27(41-28(40-26)46-20-32(33,34)35)38-23-11-9-22(10-12-23)25(43)37-18-31(4,5)19-42/h7-14H,6,15-20H2,1-5H3,(H,37,43)(H2,36,38,39,40,41). The normalized spacial score (nSPS) is 16.2. The number of anilines is 3. The van der Waals surface area contributed by atoms with E-state index in [0.717, 1.165) is 5.56 Å². The van der Waals surface area contributed by atoms with Crippen molar-refractivity contribution in [3.63, 3.8) is 0 Å². The fraction of sp³-hybridized carbons (Fsp3) is 0.469.